The van der Waals surface area contributed by atoms with E-state index in [2.05, 4.69) is 46.6 Å². The van der Waals surface area contributed by atoms with E-state index in [1.807, 2.05) is 0 Å². The second-order valence-electron chi connectivity index (χ2n) is 7.67. The molecule has 3 unspecified atom stereocenters. The van der Waals surface area contributed by atoms with Crippen molar-refractivity contribution in [1.29, 1.82) is 0 Å². The molecule has 0 bridgehead atoms. The van der Waals surface area contributed by atoms with Gasteiger partial charge in [0.25, 0.3) is 0 Å². The largest absolute Gasteiger partial charge is 0.391 e. The minimum Gasteiger partial charge on any atom is -0.391 e. The molecule has 0 saturated heterocycles. The Morgan fingerprint density at radius 2 is 1.83 bits per heavy atom. The average Bonchev–Trinajstić information content (AvgIpc) is 2.24. The van der Waals surface area contributed by atoms with Gasteiger partial charge in [0, 0.05) is 6.04 Å². The summed E-state index contributed by atoms with van der Waals surface area (Å²) < 4.78 is 0. The minimum absolute atomic E-state index is 0.124. The van der Waals surface area contributed by atoms with Crippen LogP contribution >= 0.6 is 0 Å². The predicted octanol–water partition coefficient (Wildman–Crippen LogP) is 3.54. The number of likely N-dealkylation sites (N-methyl/N-ethyl adjacent to an activating group) is 1. The standard InChI is InChI=1S/C16H33NO/c1-12(2)9-10-17(6)14-11-13(16(3,4)5)7-8-15(14)18/h12-15,18H,7-11H2,1-6H3. The molecule has 3 atom stereocenters. The summed E-state index contributed by atoms with van der Waals surface area (Å²) >= 11 is 0. The van der Waals surface area contributed by atoms with Crippen molar-refractivity contribution >= 4 is 0 Å². The molecule has 1 N–H and O–H groups in total. The molecule has 1 aliphatic rings. The van der Waals surface area contributed by atoms with Crippen LogP contribution in [-0.4, -0.2) is 35.7 Å². The lowest BCUT2D eigenvalue weighted by Gasteiger charge is -2.43. The van der Waals surface area contributed by atoms with Gasteiger partial charge in [-0.25, -0.2) is 0 Å². The lowest BCUT2D eigenvalue weighted by molar-refractivity contribution is -0.00867. The molecule has 1 fully saturated rings. The monoisotopic (exact) mass is 255 g/mol. The zero-order chi connectivity index (χ0) is 13.9. The van der Waals surface area contributed by atoms with Gasteiger partial charge < -0.3 is 10.0 Å². The van der Waals surface area contributed by atoms with Crippen molar-refractivity contribution in [3.05, 3.63) is 0 Å². The Labute approximate surface area is 114 Å². The molecule has 2 nitrogen and oxygen atoms in total. The zero-order valence-electron chi connectivity index (χ0n) is 13.2. The lowest BCUT2D eigenvalue weighted by Crippen LogP contribution is -2.47. The Hall–Kier alpha value is -0.0800. The van der Waals surface area contributed by atoms with E-state index < -0.39 is 0 Å². The van der Waals surface area contributed by atoms with Gasteiger partial charge in [-0.3, -0.25) is 0 Å². The van der Waals surface area contributed by atoms with E-state index in [4.69, 9.17) is 0 Å². The van der Waals surface area contributed by atoms with E-state index in [0.717, 1.165) is 31.2 Å². The van der Waals surface area contributed by atoms with Crippen molar-refractivity contribution in [2.24, 2.45) is 17.3 Å². The average molecular weight is 255 g/mol. The molecular formula is C16H33NO. The third kappa shape index (κ3) is 4.55. The van der Waals surface area contributed by atoms with Gasteiger partial charge >= 0.3 is 0 Å². The second-order valence-corrected chi connectivity index (χ2v) is 7.67. The van der Waals surface area contributed by atoms with Gasteiger partial charge in [0.15, 0.2) is 0 Å². The first-order valence-electron chi connectivity index (χ1n) is 7.60. The Bertz CT molecular complexity index is 244. The van der Waals surface area contributed by atoms with E-state index in [-0.39, 0.29) is 6.10 Å². The predicted molar refractivity (Wildman–Crippen MR) is 78.7 cm³/mol. The summed E-state index contributed by atoms with van der Waals surface area (Å²) in [6.07, 6.45) is 4.40. The molecular weight excluding hydrogens is 222 g/mol. The van der Waals surface area contributed by atoms with Crippen LogP contribution in [0, 0.1) is 17.3 Å². The van der Waals surface area contributed by atoms with E-state index in [1.54, 1.807) is 0 Å². The van der Waals surface area contributed by atoms with Crippen LogP contribution in [0.5, 0.6) is 0 Å². The first-order valence-corrected chi connectivity index (χ1v) is 7.60. The third-order valence-corrected chi connectivity index (χ3v) is 4.63. The number of aliphatic hydroxyl groups excluding tert-OH is 1. The molecule has 18 heavy (non-hydrogen) atoms. The highest BCUT2D eigenvalue weighted by atomic mass is 16.3. The smallest absolute Gasteiger partial charge is 0.0695 e. The van der Waals surface area contributed by atoms with Crippen molar-refractivity contribution in [1.82, 2.24) is 4.90 Å². The van der Waals surface area contributed by atoms with Crippen molar-refractivity contribution in [3.8, 4) is 0 Å². The van der Waals surface area contributed by atoms with Crippen LogP contribution in [0.25, 0.3) is 0 Å². The van der Waals surface area contributed by atoms with Crippen molar-refractivity contribution in [2.75, 3.05) is 13.6 Å². The molecule has 0 aliphatic heterocycles. The molecule has 108 valence electrons. The van der Waals surface area contributed by atoms with Gasteiger partial charge in [0.1, 0.15) is 0 Å². The molecule has 1 saturated carbocycles. The number of hydrogen-bond acceptors (Lipinski definition) is 2. The van der Waals surface area contributed by atoms with Crippen LogP contribution in [0.3, 0.4) is 0 Å². The molecule has 1 rings (SSSR count). The highest BCUT2D eigenvalue weighted by Crippen LogP contribution is 2.39. The molecule has 0 aromatic heterocycles. The number of nitrogens with zero attached hydrogens (tertiary/aromatic N) is 1. The van der Waals surface area contributed by atoms with Gasteiger partial charge in [-0.05, 0) is 56.5 Å². The summed E-state index contributed by atoms with van der Waals surface area (Å²) in [7, 11) is 2.18. The van der Waals surface area contributed by atoms with Crippen molar-refractivity contribution in [3.63, 3.8) is 0 Å². The molecule has 0 heterocycles. The summed E-state index contributed by atoms with van der Waals surface area (Å²) in [5.41, 5.74) is 0.372. The van der Waals surface area contributed by atoms with Crippen LogP contribution in [0.15, 0.2) is 0 Å². The topological polar surface area (TPSA) is 23.5 Å². The Kier molecular flexibility index (Phi) is 5.67. The highest BCUT2D eigenvalue weighted by molar-refractivity contribution is 4.89. The summed E-state index contributed by atoms with van der Waals surface area (Å²) in [5.74, 6) is 1.49. The van der Waals surface area contributed by atoms with Crippen LogP contribution < -0.4 is 0 Å². The fraction of sp³-hybridized carbons (Fsp3) is 1.00. The number of rotatable bonds is 4. The fourth-order valence-electron chi connectivity index (χ4n) is 3.02. The van der Waals surface area contributed by atoms with Crippen LogP contribution in [0.4, 0.5) is 0 Å². The quantitative estimate of drug-likeness (QED) is 0.830. The molecule has 0 radical (unpaired) electrons. The maximum Gasteiger partial charge on any atom is 0.0695 e. The van der Waals surface area contributed by atoms with Gasteiger partial charge in [0.2, 0.25) is 0 Å². The Morgan fingerprint density at radius 3 is 2.33 bits per heavy atom. The Balaban J connectivity index is 2.56. The molecule has 2 heteroatoms. The SMILES string of the molecule is CC(C)CCN(C)C1CC(C(C)(C)C)CCC1O. The molecule has 0 aromatic carbocycles. The van der Waals surface area contributed by atoms with Gasteiger partial charge in [-0.15, -0.1) is 0 Å². The first kappa shape index (κ1) is 16.0. The lowest BCUT2D eigenvalue weighted by atomic mass is 9.70. The van der Waals surface area contributed by atoms with Crippen LogP contribution in [0.1, 0.15) is 60.3 Å². The zero-order valence-corrected chi connectivity index (χ0v) is 13.2. The molecule has 1 aliphatic carbocycles. The van der Waals surface area contributed by atoms with E-state index in [9.17, 15) is 5.11 Å². The number of hydrogen-bond donors (Lipinski definition) is 1. The van der Waals surface area contributed by atoms with Crippen LogP contribution in [0.2, 0.25) is 0 Å². The van der Waals surface area contributed by atoms with Gasteiger partial charge in [-0.2, -0.15) is 0 Å². The normalized spacial score (nSPS) is 30.2. The van der Waals surface area contributed by atoms with E-state index in [0.29, 0.717) is 11.5 Å². The van der Waals surface area contributed by atoms with E-state index >= 15 is 0 Å². The minimum atomic E-state index is -0.124. The molecule has 0 aromatic rings. The fourth-order valence-corrected chi connectivity index (χ4v) is 3.02. The summed E-state index contributed by atoms with van der Waals surface area (Å²) in [6.45, 7) is 12.6. The van der Waals surface area contributed by atoms with Crippen molar-refractivity contribution < 1.29 is 5.11 Å². The summed E-state index contributed by atoms with van der Waals surface area (Å²) in [4.78, 5) is 2.39. The van der Waals surface area contributed by atoms with Gasteiger partial charge in [-0.1, -0.05) is 34.6 Å². The first-order chi connectivity index (χ1) is 8.21. The van der Waals surface area contributed by atoms with Crippen molar-refractivity contribution in [2.45, 2.75) is 72.4 Å². The molecule has 0 amide bonds. The summed E-state index contributed by atoms with van der Waals surface area (Å²) in [6, 6.07) is 0.363. The maximum atomic E-state index is 10.2. The van der Waals surface area contributed by atoms with E-state index in [1.165, 1.54) is 12.8 Å². The third-order valence-electron chi connectivity index (χ3n) is 4.63. The highest BCUT2D eigenvalue weighted by Gasteiger charge is 2.36. The number of aliphatic hydroxyl groups is 1. The molecule has 0 spiro atoms. The van der Waals surface area contributed by atoms with Gasteiger partial charge in [0.05, 0.1) is 6.10 Å². The van der Waals surface area contributed by atoms with Crippen LogP contribution in [-0.2, 0) is 0 Å². The maximum absolute atomic E-state index is 10.2. The second kappa shape index (κ2) is 6.38. The summed E-state index contributed by atoms with van der Waals surface area (Å²) in [5, 5.41) is 10.2. The Morgan fingerprint density at radius 1 is 1.22 bits per heavy atom.